The van der Waals surface area contributed by atoms with Crippen LogP contribution in [0.25, 0.3) is 12.2 Å². The Kier molecular flexibility index (Phi) is 6.30. The molecule has 2 atom stereocenters. The van der Waals surface area contributed by atoms with E-state index in [1.54, 1.807) is 30.3 Å². The molecule has 2 aliphatic carbocycles. The second-order valence-corrected chi connectivity index (χ2v) is 43.3. The van der Waals surface area contributed by atoms with Crippen molar-refractivity contribution < 1.29 is 27.3 Å². The number of hydrogen-bond donors (Lipinski definition) is 0. The van der Waals surface area contributed by atoms with Crippen LogP contribution in [0.4, 0.5) is 0 Å². The van der Waals surface area contributed by atoms with Gasteiger partial charge in [0.1, 0.15) is 0 Å². The van der Waals surface area contributed by atoms with Crippen molar-refractivity contribution in [3.8, 4) is 0 Å². The van der Waals surface area contributed by atoms with E-state index in [9.17, 15) is 8.42 Å². The first kappa shape index (κ1) is 25.1. The number of benzene rings is 3. The molecular weight excluding hydrogens is 571 g/mol. The maximum absolute atomic E-state index is 14.0. The Morgan fingerprint density at radius 1 is 0.743 bits per heavy atom. The Morgan fingerprint density at radius 3 is 1.63 bits per heavy atom. The van der Waals surface area contributed by atoms with Crippen LogP contribution in [0, 0.1) is 0 Å². The van der Waals surface area contributed by atoms with Gasteiger partial charge in [-0.2, -0.15) is 0 Å². The van der Waals surface area contributed by atoms with Crippen LogP contribution >= 0.6 is 8.51 Å². The second kappa shape index (κ2) is 8.78. The van der Waals surface area contributed by atoms with Gasteiger partial charge in [0.15, 0.2) is 0 Å². The van der Waals surface area contributed by atoms with E-state index in [0.29, 0.717) is 0 Å². The van der Waals surface area contributed by atoms with E-state index in [0.717, 1.165) is 33.4 Å². The summed E-state index contributed by atoms with van der Waals surface area (Å²) in [6.07, 6.45) is 4.33. The summed E-state index contributed by atoms with van der Waals surface area (Å²) in [5, 5.41) is 0. The molecule has 0 amide bonds. The fraction of sp³-hybridized carbons (Fsp3) is 0.214. The number of fused-ring (bicyclic) bond motifs is 2. The number of allylic oxidation sites excluding steroid dienone is 2. The average molecular weight is 600 g/mol. The van der Waals surface area contributed by atoms with Crippen molar-refractivity contribution in [2.45, 2.75) is 39.1 Å². The van der Waals surface area contributed by atoms with Gasteiger partial charge in [0.25, 0.3) is 0 Å². The van der Waals surface area contributed by atoms with Crippen molar-refractivity contribution in [2.24, 2.45) is 0 Å². The summed E-state index contributed by atoms with van der Waals surface area (Å²) < 4.78 is 34.4. The Bertz CT molecular complexity index is 1510. The van der Waals surface area contributed by atoms with E-state index in [4.69, 9.17) is 10.8 Å². The first-order chi connectivity index (χ1) is 16.6. The van der Waals surface area contributed by atoms with Crippen LogP contribution in [0.5, 0.6) is 0 Å². The molecule has 180 valence electrons. The summed E-state index contributed by atoms with van der Waals surface area (Å²) in [5.74, 6) is 0. The first-order valence-corrected chi connectivity index (χ1v) is 26.4. The Balaban J connectivity index is 1.89. The minimum absolute atomic E-state index is 0.157. The van der Waals surface area contributed by atoms with Crippen molar-refractivity contribution in [1.29, 1.82) is 0 Å². The monoisotopic (exact) mass is 598 g/mol. The van der Waals surface area contributed by atoms with Crippen molar-refractivity contribution in [2.75, 3.05) is 0 Å². The number of halogens is 1. The van der Waals surface area contributed by atoms with Crippen LogP contribution in [-0.2, 0) is 29.0 Å². The molecule has 7 heteroatoms. The third kappa shape index (κ3) is 3.76. The quantitative estimate of drug-likeness (QED) is 0.282. The first-order valence-electron chi connectivity index (χ1n) is 11.8. The molecule has 2 unspecified atom stereocenters. The van der Waals surface area contributed by atoms with Gasteiger partial charge in [-0.3, -0.25) is 0 Å². The SMILES string of the molecule is CC1=Cc2ccccc2[CH]1[Zr]([Cl])([O]S(=O)(=O)c1ccccc1)([CH]1C(C)=Cc2ccccc21)=[Si](C)C. The fourth-order valence-corrected chi connectivity index (χ4v) is 47.8. The summed E-state index contributed by atoms with van der Waals surface area (Å²) in [5.41, 5.74) is 5.10. The molecule has 0 aromatic heterocycles. The van der Waals surface area contributed by atoms with Crippen molar-refractivity contribution in [3.05, 3.63) is 112 Å². The van der Waals surface area contributed by atoms with Crippen LogP contribution in [0.1, 0.15) is 43.4 Å². The molecule has 0 radical (unpaired) electrons. The van der Waals surface area contributed by atoms with Crippen LogP contribution in [0.2, 0.25) is 13.1 Å². The maximum atomic E-state index is 14.0. The molecule has 0 heterocycles. The average Bonchev–Trinajstić information content (AvgIpc) is 3.35. The van der Waals surface area contributed by atoms with Crippen LogP contribution in [0.15, 0.2) is 94.9 Å². The summed E-state index contributed by atoms with van der Waals surface area (Å²) >= 11 is -5.43. The topological polar surface area (TPSA) is 43.4 Å². The van der Waals surface area contributed by atoms with Gasteiger partial charge in [-0.25, -0.2) is 0 Å². The Hall–Kier alpha value is -1.56. The zero-order valence-corrected chi connectivity index (χ0v) is 25.4. The molecular formula is C28H29ClO3SSiZr. The standard InChI is InChI=1S/2C10H9.C6H6O3S.C2H6Si.ClH.Zr/c2*1-8-6-9-4-2-3-5-10(9)7-8;7-10(8,9)6-4-2-1-3-5-6;1-3-2;;/h2*2-7H,1H3;1-5H,(H,7,8,9);1-2H3;1H;/q;;;;;+2/p-2. The Morgan fingerprint density at radius 2 is 1.17 bits per heavy atom. The summed E-state index contributed by atoms with van der Waals surface area (Å²) in [4.78, 5) is 0.157. The predicted octanol–water partition coefficient (Wildman–Crippen LogP) is 7.72. The van der Waals surface area contributed by atoms with Gasteiger partial charge in [0.2, 0.25) is 0 Å². The third-order valence-corrected chi connectivity index (χ3v) is 53.8. The molecule has 0 fully saturated rings. The summed E-state index contributed by atoms with van der Waals surface area (Å²) in [7, 11) is 4.18. The summed E-state index contributed by atoms with van der Waals surface area (Å²) in [6.45, 7) is 8.49. The molecule has 0 saturated carbocycles. The minimum atomic E-state index is -5.43. The van der Waals surface area contributed by atoms with Gasteiger partial charge >= 0.3 is 215 Å². The molecule has 0 N–H and O–H groups in total. The molecule has 35 heavy (non-hydrogen) atoms. The molecule has 2 aliphatic rings. The van der Waals surface area contributed by atoms with E-state index in [1.165, 1.54) is 0 Å². The molecule has 0 spiro atoms. The third-order valence-electron chi connectivity index (χ3n) is 7.65. The summed E-state index contributed by atoms with van der Waals surface area (Å²) in [6, 6.07) is 24.9. The van der Waals surface area contributed by atoms with Crippen LogP contribution in [0.3, 0.4) is 0 Å². The van der Waals surface area contributed by atoms with Gasteiger partial charge in [0.05, 0.1) is 0 Å². The van der Waals surface area contributed by atoms with Gasteiger partial charge in [-0.1, -0.05) is 0 Å². The van der Waals surface area contributed by atoms with Crippen molar-refractivity contribution >= 4 is 36.2 Å². The van der Waals surface area contributed by atoms with Crippen LogP contribution < -0.4 is 0 Å². The van der Waals surface area contributed by atoms with Gasteiger partial charge in [-0.15, -0.1) is 0 Å². The van der Waals surface area contributed by atoms with Crippen molar-refractivity contribution in [3.63, 3.8) is 0 Å². The molecule has 0 bridgehead atoms. The fourth-order valence-electron chi connectivity index (χ4n) is 6.17. The van der Waals surface area contributed by atoms with Crippen molar-refractivity contribution in [1.82, 2.24) is 0 Å². The van der Waals surface area contributed by atoms with E-state index < -0.39 is 32.2 Å². The number of hydrogen-bond acceptors (Lipinski definition) is 3. The van der Waals surface area contributed by atoms with E-state index in [1.807, 2.05) is 24.3 Å². The predicted molar refractivity (Wildman–Crippen MR) is 144 cm³/mol. The van der Waals surface area contributed by atoms with Gasteiger partial charge < -0.3 is 0 Å². The molecule has 3 aromatic rings. The second-order valence-electron chi connectivity index (χ2n) is 9.93. The molecule has 3 aromatic carbocycles. The zero-order valence-electron chi connectivity index (χ0n) is 20.3. The molecule has 0 aliphatic heterocycles. The normalized spacial score (nSPS) is 19.6. The van der Waals surface area contributed by atoms with Gasteiger partial charge in [-0.05, 0) is 0 Å². The Labute approximate surface area is 213 Å². The molecule has 0 saturated heterocycles. The van der Waals surface area contributed by atoms with Gasteiger partial charge in [0, 0.05) is 0 Å². The zero-order chi connectivity index (χ0) is 25.0. The van der Waals surface area contributed by atoms with E-state index in [-0.39, 0.29) is 12.1 Å². The molecule has 3 nitrogen and oxygen atoms in total. The number of rotatable bonds is 5. The van der Waals surface area contributed by atoms with E-state index >= 15 is 0 Å². The molecule has 5 rings (SSSR count). The van der Waals surface area contributed by atoms with Crippen LogP contribution in [-0.4, -0.2) is 13.9 Å². The van der Waals surface area contributed by atoms with E-state index in [2.05, 4.69) is 63.4 Å².